The first-order chi connectivity index (χ1) is 16.1. The Morgan fingerprint density at radius 1 is 1.24 bits per heavy atom. The van der Waals surface area contributed by atoms with Gasteiger partial charge in [0.15, 0.2) is 5.58 Å². The van der Waals surface area contributed by atoms with E-state index in [1.165, 1.54) is 6.26 Å². The number of rotatable bonds is 4. The number of hydrogen-bond donors (Lipinski definition) is 2. The number of nitrogens with one attached hydrogen (secondary N) is 2. The van der Waals surface area contributed by atoms with E-state index < -0.39 is 11.7 Å². The smallest absolute Gasteiger partial charge is 0.407 e. The highest BCUT2D eigenvalue weighted by molar-refractivity contribution is 9.10. The number of carbonyl (C=O) groups excluding carboxylic acids is 2. The predicted octanol–water partition coefficient (Wildman–Crippen LogP) is 4.98. The molecule has 180 valence electrons. The van der Waals surface area contributed by atoms with Crippen LogP contribution in [0.25, 0.3) is 11.1 Å². The van der Waals surface area contributed by atoms with Gasteiger partial charge in [0.05, 0.1) is 22.0 Å². The molecule has 2 amide bonds. The Morgan fingerprint density at radius 2 is 2.03 bits per heavy atom. The van der Waals surface area contributed by atoms with Crippen LogP contribution >= 0.6 is 15.9 Å². The molecule has 10 heteroatoms. The summed E-state index contributed by atoms with van der Waals surface area (Å²) in [6, 6.07) is 5.11. The van der Waals surface area contributed by atoms with Gasteiger partial charge < -0.3 is 24.7 Å². The van der Waals surface area contributed by atoms with Crippen LogP contribution in [0.15, 0.2) is 45.7 Å². The largest absolute Gasteiger partial charge is 0.461 e. The molecule has 4 rings (SSSR count). The molecule has 3 aromatic rings. The molecule has 0 aromatic carbocycles. The lowest BCUT2D eigenvalue weighted by molar-refractivity contribution is 0.0495. The molecule has 1 fully saturated rings. The summed E-state index contributed by atoms with van der Waals surface area (Å²) in [6.07, 6.45) is 5.26. The van der Waals surface area contributed by atoms with Gasteiger partial charge in [-0.05, 0) is 67.2 Å². The number of carbonyl (C=O) groups is 2. The maximum atomic E-state index is 13.0. The van der Waals surface area contributed by atoms with Crippen LogP contribution in [0.4, 0.5) is 16.2 Å². The van der Waals surface area contributed by atoms with Crippen molar-refractivity contribution in [3.63, 3.8) is 0 Å². The second-order valence-corrected chi connectivity index (χ2v) is 10.4. The van der Waals surface area contributed by atoms with Gasteiger partial charge in [0.1, 0.15) is 23.1 Å². The molecule has 0 saturated carbocycles. The van der Waals surface area contributed by atoms with E-state index in [-0.39, 0.29) is 17.6 Å². The fourth-order valence-corrected chi connectivity index (χ4v) is 4.46. The van der Waals surface area contributed by atoms with Gasteiger partial charge in [0.25, 0.3) is 5.91 Å². The normalized spacial score (nSPS) is 18.6. The van der Waals surface area contributed by atoms with Gasteiger partial charge in [-0.15, -0.1) is 0 Å². The van der Waals surface area contributed by atoms with Gasteiger partial charge in [-0.25, -0.2) is 9.78 Å². The average Bonchev–Trinajstić information content (AvgIpc) is 3.12. The molecule has 9 nitrogen and oxygen atoms in total. The fourth-order valence-electron chi connectivity index (χ4n) is 4.08. The van der Waals surface area contributed by atoms with Gasteiger partial charge in [-0.1, -0.05) is 6.92 Å². The number of piperidine rings is 1. The fraction of sp³-hybridized carbons (Fsp3) is 0.417. The van der Waals surface area contributed by atoms with Gasteiger partial charge >= 0.3 is 6.09 Å². The van der Waals surface area contributed by atoms with Crippen molar-refractivity contribution in [1.82, 2.24) is 15.3 Å². The van der Waals surface area contributed by atoms with Crippen LogP contribution in [0.1, 0.15) is 44.6 Å². The van der Waals surface area contributed by atoms with Crippen molar-refractivity contribution in [3.05, 3.63) is 47.0 Å². The molecule has 1 aliphatic rings. The Kier molecular flexibility index (Phi) is 6.79. The highest BCUT2D eigenvalue weighted by Crippen LogP contribution is 2.30. The minimum absolute atomic E-state index is 0.0853. The number of fused-ring (bicyclic) bond motifs is 1. The second-order valence-electron chi connectivity index (χ2n) is 9.56. The molecule has 1 aliphatic heterocycles. The van der Waals surface area contributed by atoms with Crippen LogP contribution < -0.4 is 15.5 Å². The van der Waals surface area contributed by atoms with E-state index in [9.17, 15) is 9.59 Å². The lowest BCUT2D eigenvalue weighted by atomic mass is 9.95. The third kappa shape index (κ3) is 5.67. The monoisotopic (exact) mass is 529 g/mol. The van der Waals surface area contributed by atoms with E-state index >= 15 is 0 Å². The predicted molar refractivity (Wildman–Crippen MR) is 133 cm³/mol. The summed E-state index contributed by atoms with van der Waals surface area (Å²) in [4.78, 5) is 36.1. The van der Waals surface area contributed by atoms with E-state index in [4.69, 9.17) is 9.15 Å². The molecule has 0 spiro atoms. The summed E-state index contributed by atoms with van der Waals surface area (Å²) in [6.45, 7) is 9.02. The zero-order chi connectivity index (χ0) is 24.5. The Bertz CT molecular complexity index is 1210. The minimum Gasteiger partial charge on any atom is -0.461 e. The summed E-state index contributed by atoms with van der Waals surface area (Å²) in [7, 11) is 0. The summed E-state index contributed by atoms with van der Waals surface area (Å²) in [5.74, 6) is -0.0225. The zero-order valence-electron chi connectivity index (χ0n) is 19.6. The molecule has 0 unspecified atom stereocenters. The molecular weight excluding hydrogens is 502 g/mol. The quantitative estimate of drug-likeness (QED) is 0.490. The molecule has 0 bridgehead atoms. The molecular formula is C24H28BrN5O4. The molecule has 0 aliphatic carbocycles. The summed E-state index contributed by atoms with van der Waals surface area (Å²) >= 11 is 3.38. The van der Waals surface area contributed by atoms with E-state index in [1.54, 1.807) is 24.5 Å². The summed E-state index contributed by atoms with van der Waals surface area (Å²) in [5, 5.41) is 5.92. The van der Waals surface area contributed by atoms with Gasteiger partial charge in [-0.2, -0.15) is 0 Å². The van der Waals surface area contributed by atoms with Crippen molar-refractivity contribution in [2.45, 2.75) is 45.8 Å². The number of ether oxygens (including phenoxy) is 1. The molecule has 4 heterocycles. The number of halogens is 1. The average molecular weight is 530 g/mol. The Morgan fingerprint density at radius 3 is 2.79 bits per heavy atom. The van der Waals surface area contributed by atoms with E-state index in [2.05, 4.69) is 48.4 Å². The van der Waals surface area contributed by atoms with E-state index in [1.807, 2.05) is 26.8 Å². The SMILES string of the molecule is C[C@@H]1C[C@H](NC(=O)OC(C)(C)C)CN(c2ccncc2NC(=O)c2ccc3occ(Br)c3n2)C1. The lowest BCUT2D eigenvalue weighted by Gasteiger charge is -2.39. The van der Waals surface area contributed by atoms with Crippen molar-refractivity contribution in [2.75, 3.05) is 23.3 Å². The van der Waals surface area contributed by atoms with Crippen LogP contribution in [-0.4, -0.2) is 46.7 Å². The van der Waals surface area contributed by atoms with E-state index in [0.717, 1.165) is 18.7 Å². The first-order valence-electron chi connectivity index (χ1n) is 11.1. The van der Waals surface area contributed by atoms with Crippen molar-refractivity contribution in [1.29, 1.82) is 0 Å². The van der Waals surface area contributed by atoms with Crippen molar-refractivity contribution in [3.8, 4) is 0 Å². The number of furan rings is 1. The topological polar surface area (TPSA) is 110 Å². The first-order valence-corrected chi connectivity index (χ1v) is 11.9. The zero-order valence-corrected chi connectivity index (χ0v) is 21.2. The maximum Gasteiger partial charge on any atom is 0.407 e. The molecule has 0 radical (unpaired) electrons. The van der Waals surface area contributed by atoms with Crippen molar-refractivity contribution >= 4 is 50.4 Å². The Labute approximate surface area is 206 Å². The number of nitrogens with zero attached hydrogens (tertiary/aromatic N) is 3. The van der Waals surface area contributed by atoms with Crippen LogP contribution in [-0.2, 0) is 4.74 Å². The lowest BCUT2D eigenvalue weighted by Crippen LogP contribution is -2.51. The van der Waals surface area contributed by atoms with Crippen molar-refractivity contribution in [2.24, 2.45) is 5.92 Å². The highest BCUT2D eigenvalue weighted by Gasteiger charge is 2.29. The third-order valence-electron chi connectivity index (χ3n) is 5.37. The van der Waals surface area contributed by atoms with Crippen molar-refractivity contribution < 1.29 is 18.7 Å². The van der Waals surface area contributed by atoms with Crippen LogP contribution in [0.5, 0.6) is 0 Å². The molecule has 2 atom stereocenters. The number of hydrogen-bond acceptors (Lipinski definition) is 7. The highest BCUT2D eigenvalue weighted by atomic mass is 79.9. The molecule has 34 heavy (non-hydrogen) atoms. The Balaban J connectivity index is 1.51. The standard InChI is InChI=1S/C24H28BrN5O4/c1-14-9-15(27-23(32)34-24(2,3)4)12-30(11-14)19-7-8-26-10-18(19)29-22(31)17-5-6-20-21(28-17)16(25)13-33-20/h5-8,10,13-15H,9,11-12H2,1-4H3,(H,27,32)(H,29,31)/t14-,15+/m1/s1. The number of aromatic nitrogens is 2. The summed E-state index contributed by atoms with van der Waals surface area (Å²) in [5.41, 5.74) is 2.29. The van der Waals surface area contributed by atoms with Crippen LogP contribution in [0.2, 0.25) is 0 Å². The number of pyridine rings is 2. The van der Waals surface area contributed by atoms with E-state index in [0.29, 0.717) is 33.7 Å². The third-order valence-corrected chi connectivity index (χ3v) is 5.94. The number of amides is 2. The number of anilines is 2. The summed E-state index contributed by atoms with van der Waals surface area (Å²) < 4.78 is 11.5. The van der Waals surface area contributed by atoms with Gasteiger partial charge in [0, 0.05) is 25.3 Å². The van der Waals surface area contributed by atoms with Gasteiger partial charge in [-0.3, -0.25) is 9.78 Å². The molecule has 2 N–H and O–H groups in total. The first kappa shape index (κ1) is 24.0. The minimum atomic E-state index is -0.560. The number of alkyl carbamates (subject to hydrolysis) is 1. The van der Waals surface area contributed by atoms with Crippen LogP contribution in [0, 0.1) is 5.92 Å². The van der Waals surface area contributed by atoms with Gasteiger partial charge in [0.2, 0.25) is 0 Å². The molecule has 1 saturated heterocycles. The molecule has 3 aromatic heterocycles. The van der Waals surface area contributed by atoms with Crippen LogP contribution in [0.3, 0.4) is 0 Å². The second kappa shape index (κ2) is 9.61. The maximum absolute atomic E-state index is 13.0. The Hall–Kier alpha value is -3.14.